The molecule has 2 aliphatic rings. The smallest absolute Gasteiger partial charge is 0.405 e. The number of amides is 2. The van der Waals surface area contributed by atoms with Crippen LogP contribution in [-0.4, -0.2) is 60.0 Å². The summed E-state index contributed by atoms with van der Waals surface area (Å²) in [7, 11) is 1.66. The van der Waals surface area contributed by atoms with E-state index < -0.39 is 12.1 Å². The molecule has 1 heterocycles. The molecule has 2 N–H and O–H groups in total. The van der Waals surface area contributed by atoms with Gasteiger partial charge in [0.05, 0.1) is 24.9 Å². The second-order valence-corrected chi connectivity index (χ2v) is 6.90. The number of benzene rings is 1. The van der Waals surface area contributed by atoms with Gasteiger partial charge in [-0.25, -0.2) is 4.79 Å². The number of likely N-dealkylation sites (tertiary alicyclic amines) is 1. The molecule has 1 aromatic rings. The van der Waals surface area contributed by atoms with Gasteiger partial charge in [-0.05, 0) is 24.8 Å². The number of hydrogen-bond donors (Lipinski definition) is 2. The normalized spacial score (nSPS) is 29.0. The lowest BCUT2D eigenvalue weighted by Crippen LogP contribution is -2.52. The lowest BCUT2D eigenvalue weighted by atomic mass is 9.89. The Labute approximate surface area is 153 Å². The molecule has 26 heavy (non-hydrogen) atoms. The predicted molar refractivity (Wildman–Crippen MR) is 94.7 cm³/mol. The van der Waals surface area contributed by atoms with Crippen LogP contribution in [0, 0.1) is 0 Å². The zero-order chi connectivity index (χ0) is 18.5. The molecule has 2 amide bonds. The van der Waals surface area contributed by atoms with Crippen LogP contribution in [0.4, 0.5) is 4.79 Å². The van der Waals surface area contributed by atoms with Crippen LogP contribution in [-0.2, 0) is 20.9 Å². The van der Waals surface area contributed by atoms with Crippen molar-refractivity contribution < 1.29 is 24.2 Å². The largest absolute Gasteiger partial charge is 0.465 e. The monoisotopic (exact) mass is 362 g/mol. The van der Waals surface area contributed by atoms with Gasteiger partial charge < -0.3 is 24.8 Å². The molecular weight excluding hydrogens is 336 g/mol. The Morgan fingerprint density at radius 3 is 2.73 bits per heavy atom. The van der Waals surface area contributed by atoms with E-state index in [9.17, 15) is 9.59 Å². The van der Waals surface area contributed by atoms with E-state index in [2.05, 4.69) is 5.32 Å². The molecule has 1 aliphatic heterocycles. The first-order chi connectivity index (χ1) is 12.6. The van der Waals surface area contributed by atoms with Crippen LogP contribution in [0.2, 0.25) is 0 Å². The van der Waals surface area contributed by atoms with Crippen molar-refractivity contribution in [3.8, 4) is 0 Å². The van der Waals surface area contributed by atoms with Crippen LogP contribution < -0.4 is 5.32 Å². The number of ether oxygens (including phenoxy) is 2. The standard InChI is InChI=1S/C19H26N2O5/c1-25-17-11-14(26-12-13-5-3-2-4-6-13)7-8-16(17)21-10-9-15(18(21)22)20-19(23)24/h2-6,14-17,20H,7-12H2,1H3,(H,23,24)/t14-,15-,16-,17-/m0/s1. The Bertz CT molecular complexity index is 624. The quantitative estimate of drug-likeness (QED) is 0.808. The Hall–Kier alpha value is -2.12. The van der Waals surface area contributed by atoms with Crippen molar-refractivity contribution in [2.24, 2.45) is 0 Å². The number of carboxylic acid groups (broad SMARTS) is 1. The second kappa shape index (κ2) is 8.51. The first kappa shape index (κ1) is 18.7. The third kappa shape index (κ3) is 4.34. The van der Waals surface area contributed by atoms with Gasteiger partial charge in [-0.1, -0.05) is 30.3 Å². The Kier molecular flexibility index (Phi) is 6.11. The summed E-state index contributed by atoms with van der Waals surface area (Å²) in [5.41, 5.74) is 1.14. The molecule has 2 fully saturated rings. The van der Waals surface area contributed by atoms with Crippen molar-refractivity contribution in [3.05, 3.63) is 35.9 Å². The van der Waals surface area contributed by atoms with E-state index >= 15 is 0 Å². The molecule has 1 aromatic carbocycles. The summed E-state index contributed by atoms with van der Waals surface area (Å²) in [5.74, 6) is -0.150. The number of rotatable bonds is 6. The van der Waals surface area contributed by atoms with Crippen LogP contribution in [0.15, 0.2) is 30.3 Å². The number of methoxy groups -OCH3 is 1. The molecule has 0 unspecified atom stereocenters. The van der Waals surface area contributed by atoms with Crippen molar-refractivity contribution in [3.63, 3.8) is 0 Å². The molecule has 0 bridgehead atoms. The predicted octanol–water partition coefficient (Wildman–Crippen LogP) is 2.01. The Morgan fingerprint density at radius 1 is 1.27 bits per heavy atom. The number of nitrogens with zero attached hydrogens (tertiary/aromatic N) is 1. The van der Waals surface area contributed by atoms with E-state index in [-0.39, 0.29) is 24.2 Å². The van der Waals surface area contributed by atoms with Gasteiger partial charge >= 0.3 is 6.09 Å². The first-order valence-corrected chi connectivity index (χ1v) is 9.06. The second-order valence-electron chi connectivity index (χ2n) is 6.90. The highest BCUT2D eigenvalue weighted by Crippen LogP contribution is 2.30. The van der Waals surface area contributed by atoms with Gasteiger partial charge in [-0.3, -0.25) is 4.79 Å². The van der Waals surface area contributed by atoms with Crippen LogP contribution in [0.5, 0.6) is 0 Å². The summed E-state index contributed by atoms with van der Waals surface area (Å²) in [6, 6.07) is 9.38. The van der Waals surface area contributed by atoms with Gasteiger partial charge in [-0.2, -0.15) is 0 Å². The van der Waals surface area contributed by atoms with E-state index in [0.29, 0.717) is 19.6 Å². The lowest BCUT2D eigenvalue weighted by molar-refractivity contribution is -0.138. The highest BCUT2D eigenvalue weighted by atomic mass is 16.5. The Morgan fingerprint density at radius 2 is 2.04 bits per heavy atom. The third-order valence-electron chi connectivity index (χ3n) is 5.28. The number of carbonyl (C=O) groups excluding carboxylic acids is 1. The number of hydrogen-bond acceptors (Lipinski definition) is 4. The molecule has 4 atom stereocenters. The summed E-state index contributed by atoms with van der Waals surface area (Å²) < 4.78 is 11.7. The topological polar surface area (TPSA) is 88.1 Å². The molecule has 0 spiro atoms. The zero-order valence-electron chi connectivity index (χ0n) is 15.0. The fourth-order valence-corrected chi connectivity index (χ4v) is 3.94. The van der Waals surface area contributed by atoms with Crippen molar-refractivity contribution in [2.75, 3.05) is 13.7 Å². The van der Waals surface area contributed by atoms with Gasteiger partial charge in [-0.15, -0.1) is 0 Å². The summed E-state index contributed by atoms with van der Waals surface area (Å²) >= 11 is 0. The molecule has 7 heteroatoms. The molecule has 1 saturated heterocycles. The lowest BCUT2D eigenvalue weighted by Gasteiger charge is -2.40. The van der Waals surface area contributed by atoms with Gasteiger partial charge in [0.2, 0.25) is 5.91 Å². The molecule has 7 nitrogen and oxygen atoms in total. The van der Waals surface area contributed by atoms with E-state index in [1.165, 1.54) is 0 Å². The van der Waals surface area contributed by atoms with Crippen LogP contribution >= 0.6 is 0 Å². The number of carbonyl (C=O) groups is 2. The van der Waals surface area contributed by atoms with Crippen molar-refractivity contribution in [1.29, 1.82) is 0 Å². The Balaban J connectivity index is 1.55. The summed E-state index contributed by atoms with van der Waals surface area (Å²) in [6.45, 7) is 1.13. The van der Waals surface area contributed by atoms with E-state index in [1.807, 2.05) is 30.3 Å². The van der Waals surface area contributed by atoms with Crippen LogP contribution in [0.1, 0.15) is 31.2 Å². The molecule has 1 saturated carbocycles. The summed E-state index contributed by atoms with van der Waals surface area (Å²) in [4.78, 5) is 25.1. The highest BCUT2D eigenvalue weighted by Gasteiger charge is 2.42. The molecule has 0 radical (unpaired) electrons. The summed E-state index contributed by atoms with van der Waals surface area (Å²) in [6.07, 6.45) is 1.73. The van der Waals surface area contributed by atoms with Gasteiger partial charge in [0.15, 0.2) is 0 Å². The van der Waals surface area contributed by atoms with Gasteiger partial charge in [0, 0.05) is 20.1 Å². The first-order valence-electron chi connectivity index (χ1n) is 9.06. The molecule has 1 aliphatic carbocycles. The van der Waals surface area contributed by atoms with Gasteiger partial charge in [0.25, 0.3) is 0 Å². The van der Waals surface area contributed by atoms with Gasteiger partial charge in [0.1, 0.15) is 6.04 Å². The minimum Gasteiger partial charge on any atom is -0.465 e. The van der Waals surface area contributed by atoms with Crippen molar-refractivity contribution in [1.82, 2.24) is 10.2 Å². The summed E-state index contributed by atoms with van der Waals surface area (Å²) in [5, 5.41) is 11.2. The van der Waals surface area contributed by atoms with E-state index in [4.69, 9.17) is 14.6 Å². The SMILES string of the molecule is CO[C@H]1C[C@@H](OCc2ccccc2)CC[C@@H]1N1CC[C@H](NC(=O)O)C1=O. The maximum absolute atomic E-state index is 12.5. The zero-order valence-corrected chi connectivity index (χ0v) is 15.0. The average Bonchev–Trinajstić information content (AvgIpc) is 3.00. The number of nitrogens with one attached hydrogen (secondary N) is 1. The molecule has 0 aromatic heterocycles. The fourth-order valence-electron chi connectivity index (χ4n) is 3.94. The van der Waals surface area contributed by atoms with E-state index in [0.717, 1.165) is 24.8 Å². The van der Waals surface area contributed by atoms with Crippen LogP contribution in [0.25, 0.3) is 0 Å². The molecule has 3 rings (SSSR count). The maximum atomic E-state index is 12.5. The molecular formula is C19H26N2O5. The maximum Gasteiger partial charge on any atom is 0.405 e. The van der Waals surface area contributed by atoms with E-state index in [1.54, 1.807) is 12.0 Å². The fraction of sp³-hybridized carbons (Fsp3) is 0.579. The third-order valence-corrected chi connectivity index (χ3v) is 5.28. The molecule has 142 valence electrons. The minimum absolute atomic E-state index is 0.0235. The van der Waals surface area contributed by atoms with Crippen molar-refractivity contribution >= 4 is 12.0 Å². The van der Waals surface area contributed by atoms with Crippen molar-refractivity contribution in [2.45, 2.75) is 56.6 Å². The average molecular weight is 362 g/mol. The van der Waals surface area contributed by atoms with Crippen LogP contribution in [0.3, 0.4) is 0 Å². The highest BCUT2D eigenvalue weighted by molar-refractivity contribution is 5.87. The minimum atomic E-state index is -1.16.